The monoisotopic (exact) mass is 1350 g/mol. The maximum absolute atomic E-state index is 14.3. The minimum absolute atomic E-state index is 0.00121. The Labute approximate surface area is 558 Å². The number of aliphatic hydroxyl groups is 2. The van der Waals surface area contributed by atoms with Gasteiger partial charge in [0, 0.05) is 72.7 Å². The van der Waals surface area contributed by atoms with Gasteiger partial charge in [-0.3, -0.25) is 9.59 Å². The zero-order valence-electron chi connectivity index (χ0n) is 55.8. The summed E-state index contributed by atoms with van der Waals surface area (Å²) in [5, 5.41) is 40.9. The van der Waals surface area contributed by atoms with Crippen LogP contribution in [0.15, 0.2) is 119 Å². The first-order chi connectivity index (χ1) is 45.0. The van der Waals surface area contributed by atoms with Gasteiger partial charge in [-0.15, -0.1) is 0 Å². The molecule has 0 radical (unpaired) electrons. The first kappa shape index (κ1) is 72.3. The average molecular weight is 1360 g/mol. The van der Waals surface area contributed by atoms with Crippen LogP contribution in [0.3, 0.4) is 0 Å². The van der Waals surface area contributed by atoms with Gasteiger partial charge >= 0.3 is 12.2 Å². The molecule has 0 aliphatic carbocycles. The molecule has 24 nitrogen and oxygen atoms in total. The summed E-state index contributed by atoms with van der Waals surface area (Å²) < 4.78 is 93.1. The van der Waals surface area contributed by atoms with Gasteiger partial charge in [0.2, 0.25) is 20.0 Å². The molecule has 6 aliphatic rings. The third-order valence-corrected chi connectivity index (χ3v) is 20.8. The van der Waals surface area contributed by atoms with E-state index in [1.165, 1.54) is 32.9 Å². The number of rotatable bonds is 26. The van der Waals surface area contributed by atoms with E-state index in [9.17, 15) is 46.2 Å². The summed E-state index contributed by atoms with van der Waals surface area (Å²) in [6.07, 6.45) is -2.22. The van der Waals surface area contributed by atoms with Crippen LogP contribution in [0, 0.1) is 29.6 Å². The predicted molar refractivity (Wildman–Crippen MR) is 358 cm³/mol. The molecular weight excluding hydrogens is 1260 g/mol. The van der Waals surface area contributed by atoms with Crippen LogP contribution in [-0.4, -0.2) is 173 Å². The number of benzene rings is 4. The Hall–Kier alpha value is -6.98. The Balaban J connectivity index is 0.000000223. The molecule has 0 saturated carbocycles. The molecule has 10 unspecified atom stereocenters. The van der Waals surface area contributed by atoms with E-state index >= 15 is 0 Å². The van der Waals surface area contributed by atoms with Crippen molar-refractivity contribution in [2.45, 2.75) is 159 Å². The molecule has 4 amide bonds. The van der Waals surface area contributed by atoms with Crippen molar-refractivity contribution in [3.05, 3.63) is 131 Å². The number of anilines is 2. The predicted octanol–water partition coefficient (Wildman–Crippen LogP) is 7.20. The molecule has 95 heavy (non-hydrogen) atoms. The van der Waals surface area contributed by atoms with Crippen LogP contribution in [0.1, 0.15) is 104 Å². The lowest BCUT2D eigenvalue weighted by Gasteiger charge is -2.31. The molecule has 10 rings (SSSR count). The van der Waals surface area contributed by atoms with Gasteiger partial charge in [-0.2, -0.15) is 8.61 Å². The first-order valence-electron chi connectivity index (χ1n) is 32.7. The quantitative estimate of drug-likeness (QED) is 0.0288. The van der Waals surface area contributed by atoms with Gasteiger partial charge in [0.05, 0.1) is 83.5 Å². The topological polar surface area (TPSA) is 311 Å². The highest BCUT2D eigenvalue weighted by atomic mass is 32.2. The smallest absolute Gasteiger partial charge is 0.407 e. The summed E-state index contributed by atoms with van der Waals surface area (Å²) >= 11 is 0. The summed E-state index contributed by atoms with van der Waals surface area (Å²) in [5.41, 5.74) is 4.79. The molecule has 6 heterocycles. The maximum Gasteiger partial charge on any atom is 0.407 e. The van der Waals surface area contributed by atoms with Crippen LogP contribution in [0.5, 0.6) is 0 Å². The van der Waals surface area contributed by atoms with Crippen molar-refractivity contribution in [3.8, 4) is 0 Å². The molecule has 4 saturated heterocycles. The largest absolute Gasteiger partial charge is 0.443 e. The minimum atomic E-state index is -4.15. The second-order valence-electron chi connectivity index (χ2n) is 27.4. The lowest BCUT2D eigenvalue weighted by Crippen LogP contribution is -2.51. The molecule has 26 heteroatoms. The molecule has 0 aromatic heterocycles. The molecule has 6 aliphatic heterocycles. The highest BCUT2D eigenvalue weighted by Crippen LogP contribution is 2.39. The Bertz CT molecular complexity index is 3640. The number of aliphatic hydroxyl groups excluding tert-OH is 2. The van der Waals surface area contributed by atoms with E-state index in [0.717, 1.165) is 24.0 Å². The molecule has 4 fully saturated rings. The second kappa shape index (κ2) is 31.5. The highest BCUT2D eigenvalue weighted by Gasteiger charge is 2.46. The van der Waals surface area contributed by atoms with E-state index in [1.54, 1.807) is 25.3 Å². The third-order valence-electron chi connectivity index (χ3n) is 17.1. The van der Waals surface area contributed by atoms with E-state index in [0.29, 0.717) is 65.0 Å². The highest BCUT2D eigenvalue weighted by molar-refractivity contribution is 7.89. The molecule has 10 atom stereocenters. The Morgan fingerprint density at radius 1 is 0.621 bits per heavy atom. The van der Waals surface area contributed by atoms with E-state index in [2.05, 4.69) is 45.7 Å². The summed E-state index contributed by atoms with van der Waals surface area (Å²) in [4.78, 5) is 52.0. The lowest BCUT2D eigenvalue weighted by atomic mass is 10.0. The van der Waals surface area contributed by atoms with Crippen LogP contribution < -0.4 is 31.9 Å². The van der Waals surface area contributed by atoms with Gasteiger partial charge in [-0.1, -0.05) is 102 Å². The number of sulfonamides is 2. The van der Waals surface area contributed by atoms with E-state index in [1.807, 2.05) is 109 Å². The molecule has 8 N–H and O–H groups in total. The van der Waals surface area contributed by atoms with Crippen LogP contribution in [0.4, 0.5) is 21.0 Å². The zero-order chi connectivity index (χ0) is 68.5. The van der Waals surface area contributed by atoms with Crippen LogP contribution >= 0.6 is 0 Å². The standard InChI is InChI=1S/C35H48N4O8S.C34H46N4O8S/c1-21(2)17-36-23(5)32-27-16-25(11-12-28(27)37-33(32)41)48(43,44)39(18-22(3)4)19-30(40)29(15-24-9-7-6-8-10-24)38-35(42)47-31-20-46-34-26(31)13-14-45-34;1-21(2)18-38(47(42,43)23-11-12-27-25(16-23)26(31(40)36-27)17-35-34(3,4)5)19-29(39)28(15-22-9-7-6-8-10-22)37-33(41)46-30-20-45-32-24(30)13-14-44-32/h6-12,16,21-22,26,29-31,34,36,40H,13-15,17-20H2,1-5H3,(H,37,41)(H,38,42);6-12,16-17,21,24,28-30,32,35,39H,13-15,18-20H2,1-5H3,(H,36,40)(H,37,41). The Kier molecular flexibility index (Phi) is 24.0. The Morgan fingerprint density at radius 3 is 1.51 bits per heavy atom. The number of nitrogens with one attached hydrogen (secondary N) is 6. The van der Waals surface area contributed by atoms with E-state index in [-0.39, 0.29) is 116 Å². The summed E-state index contributed by atoms with van der Waals surface area (Å²) in [5.74, 6) is -0.537. The van der Waals surface area contributed by atoms with Crippen molar-refractivity contribution in [3.63, 3.8) is 0 Å². The van der Waals surface area contributed by atoms with Gasteiger partial charge in [-0.05, 0) is 119 Å². The number of fused-ring (bicyclic) bond motifs is 4. The second-order valence-corrected chi connectivity index (χ2v) is 31.3. The van der Waals surface area contributed by atoms with Crippen molar-refractivity contribution in [1.82, 2.24) is 29.9 Å². The number of ether oxygens (including phenoxy) is 6. The molecule has 4 aromatic rings. The fourth-order valence-corrected chi connectivity index (χ4v) is 15.6. The summed E-state index contributed by atoms with van der Waals surface area (Å²) in [6, 6.07) is 26.0. The van der Waals surface area contributed by atoms with Crippen molar-refractivity contribution in [2.24, 2.45) is 29.6 Å². The van der Waals surface area contributed by atoms with Crippen LogP contribution in [-0.2, 0) is 70.9 Å². The average Bonchev–Trinajstić information content (AvgIpc) is 1.71. The summed E-state index contributed by atoms with van der Waals surface area (Å²) in [7, 11) is -8.30. The molecule has 0 bridgehead atoms. The number of amides is 4. The maximum atomic E-state index is 14.3. The number of carbonyl (C=O) groups is 4. The van der Waals surface area contributed by atoms with Gasteiger partial charge < -0.3 is 70.5 Å². The van der Waals surface area contributed by atoms with Gasteiger partial charge in [0.15, 0.2) is 12.6 Å². The van der Waals surface area contributed by atoms with Crippen molar-refractivity contribution in [1.29, 1.82) is 0 Å². The number of hydrogen-bond acceptors (Lipinski definition) is 18. The number of hydrogen-bond donors (Lipinski definition) is 8. The van der Waals surface area contributed by atoms with Gasteiger partial charge in [0.1, 0.15) is 12.2 Å². The van der Waals surface area contributed by atoms with Gasteiger partial charge in [-0.25, -0.2) is 26.4 Å². The zero-order valence-corrected chi connectivity index (χ0v) is 57.5. The summed E-state index contributed by atoms with van der Waals surface area (Å²) in [6.45, 7) is 21.2. The first-order valence-corrected chi connectivity index (χ1v) is 35.6. The van der Waals surface area contributed by atoms with E-state index in [4.69, 9.17) is 28.4 Å². The van der Waals surface area contributed by atoms with Gasteiger partial charge in [0.25, 0.3) is 11.8 Å². The fraction of sp³-hybridized carbons (Fsp3) is 0.536. The number of allylic oxidation sites excluding steroid dienone is 1. The molecule has 518 valence electrons. The third kappa shape index (κ3) is 18.6. The fourth-order valence-electron chi connectivity index (χ4n) is 12.3. The number of carbonyl (C=O) groups excluding carboxylic acids is 4. The normalized spacial score (nSPS) is 22.9. The number of alkyl carbamates (subject to hydrolysis) is 2. The lowest BCUT2D eigenvalue weighted by molar-refractivity contribution is -0.111. The molecular formula is C69H94N8O16S2. The van der Waals surface area contributed by atoms with Crippen molar-refractivity contribution >= 4 is 66.6 Å². The minimum Gasteiger partial charge on any atom is -0.443 e. The van der Waals surface area contributed by atoms with E-state index < -0.39 is 68.7 Å². The molecule has 4 aromatic carbocycles. The van der Waals surface area contributed by atoms with Crippen molar-refractivity contribution in [2.75, 3.05) is 69.8 Å². The Morgan fingerprint density at radius 2 is 1.06 bits per heavy atom. The number of nitrogens with zero attached hydrogens (tertiary/aromatic N) is 2. The SMILES string of the molecule is CC(C)CN(CC(O)C(Cc1ccccc1)NC(=O)OC1COC2OCCC12)S(=O)(=O)c1ccc2c(c1)C(=CNC(C)(C)C)C(=O)N2.CC(NCC(C)C)=C1C(=O)Nc2ccc(S(=O)(=O)N(CC(C)C)CC(O)C(Cc3ccccc3)NC(=O)OC3COC4OCCC34)cc21. The molecule has 0 spiro atoms. The van der Waals surface area contributed by atoms with Crippen molar-refractivity contribution < 1.29 is 74.6 Å². The van der Waals surface area contributed by atoms with Crippen LogP contribution in [0.25, 0.3) is 11.1 Å². The van der Waals surface area contributed by atoms with Crippen LogP contribution in [0.2, 0.25) is 0 Å².